The SMILES string of the molecule is CC(CCN(C)C)NC(=O)C1(CN)CC1. The van der Waals surface area contributed by atoms with Gasteiger partial charge in [-0.05, 0) is 46.8 Å². The van der Waals surface area contributed by atoms with E-state index in [0.29, 0.717) is 6.54 Å². The molecule has 1 amide bonds. The molecule has 1 aliphatic carbocycles. The highest BCUT2D eigenvalue weighted by molar-refractivity contribution is 5.85. The van der Waals surface area contributed by atoms with Crippen LogP contribution in [0.5, 0.6) is 0 Å². The third-order valence-electron chi connectivity index (χ3n) is 3.11. The Kier molecular flexibility index (Phi) is 4.11. The van der Waals surface area contributed by atoms with Gasteiger partial charge in [-0.1, -0.05) is 0 Å². The predicted octanol–water partition coefficient (Wildman–Crippen LogP) is 0.182. The molecular formula is C11H23N3O. The van der Waals surface area contributed by atoms with E-state index in [2.05, 4.69) is 10.2 Å². The van der Waals surface area contributed by atoms with Crippen LogP contribution in [0.15, 0.2) is 0 Å². The van der Waals surface area contributed by atoms with Gasteiger partial charge in [-0.25, -0.2) is 0 Å². The molecular weight excluding hydrogens is 190 g/mol. The normalized spacial score (nSPS) is 20.1. The minimum absolute atomic E-state index is 0.149. The Morgan fingerprint density at radius 2 is 2.13 bits per heavy atom. The van der Waals surface area contributed by atoms with Gasteiger partial charge in [0, 0.05) is 12.6 Å². The maximum absolute atomic E-state index is 11.8. The molecule has 0 aromatic carbocycles. The quantitative estimate of drug-likeness (QED) is 0.662. The lowest BCUT2D eigenvalue weighted by molar-refractivity contribution is -0.126. The molecule has 1 fully saturated rings. The Morgan fingerprint density at radius 3 is 2.53 bits per heavy atom. The summed E-state index contributed by atoms with van der Waals surface area (Å²) >= 11 is 0. The average molecular weight is 213 g/mol. The van der Waals surface area contributed by atoms with Gasteiger partial charge in [0.05, 0.1) is 5.41 Å². The van der Waals surface area contributed by atoms with Crippen LogP contribution in [0.1, 0.15) is 26.2 Å². The summed E-state index contributed by atoms with van der Waals surface area (Å²) < 4.78 is 0. The number of hydrogen-bond donors (Lipinski definition) is 2. The second-order valence-corrected chi connectivity index (χ2v) is 4.95. The van der Waals surface area contributed by atoms with E-state index in [-0.39, 0.29) is 17.4 Å². The van der Waals surface area contributed by atoms with Crippen molar-refractivity contribution in [3.8, 4) is 0 Å². The van der Waals surface area contributed by atoms with Crippen molar-refractivity contribution in [2.24, 2.45) is 11.1 Å². The molecule has 88 valence electrons. The predicted molar refractivity (Wildman–Crippen MR) is 61.5 cm³/mol. The number of rotatable bonds is 6. The van der Waals surface area contributed by atoms with Gasteiger partial charge < -0.3 is 16.0 Å². The lowest BCUT2D eigenvalue weighted by Crippen LogP contribution is -2.42. The average Bonchev–Trinajstić information content (AvgIpc) is 2.95. The lowest BCUT2D eigenvalue weighted by atomic mass is 10.1. The Hall–Kier alpha value is -0.610. The lowest BCUT2D eigenvalue weighted by Gasteiger charge is -2.19. The van der Waals surface area contributed by atoms with Crippen molar-refractivity contribution in [1.82, 2.24) is 10.2 Å². The Labute approximate surface area is 92.2 Å². The van der Waals surface area contributed by atoms with Gasteiger partial charge >= 0.3 is 0 Å². The highest BCUT2D eigenvalue weighted by atomic mass is 16.2. The fourth-order valence-electron chi connectivity index (χ4n) is 1.58. The van der Waals surface area contributed by atoms with E-state index < -0.39 is 0 Å². The topological polar surface area (TPSA) is 58.4 Å². The highest BCUT2D eigenvalue weighted by Gasteiger charge is 2.48. The molecule has 0 aliphatic heterocycles. The monoisotopic (exact) mass is 213 g/mol. The van der Waals surface area contributed by atoms with E-state index in [1.165, 1.54) is 0 Å². The van der Waals surface area contributed by atoms with Crippen LogP contribution in [0.25, 0.3) is 0 Å². The standard InChI is InChI=1S/C11H23N3O/c1-9(4-7-14(2)3)13-10(15)11(8-12)5-6-11/h9H,4-8,12H2,1-3H3,(H,13,15). The van der Waals surface area contributed by atoms with E-state index in [4.69, 9.17) is 5.73 Å². The molecule has 0 aromatic heterocycles. The van der Waals surface area contributed by atoms with Crippen molar-refractivity contribution < 1.29 is 4.79 Å². The van der Waals surface area contributed by atoms with Crippen LogP contribution in [0.4, 0.5) is 0 Å². The molecule has 1 atom stereocenters. The summed E-state index contributed by atoms with van der Waals surface area (Å²) in [6.07, 6.45) is 2.89. The first-order chi connectivity index (χ1) is 7.00. The highest BCUT2D eigenvalue weighted by Crippen LogP contribution is 2.44. The van der Waals surface area contributed by atoms with Gasteiger partial charge in [0.15, 0.2) is 0 Å². The number of nitrogens with two attached hydrogens (primary N) is 1. The van der Waals surface area contributed by atoms with Crippen molar-refractivity contribution in [3.63, 3.8) is 0 Å². The fourth-order valence-corrected chi connectivity index (χ4v) is 1.58. The second kappa shape index (κ2) is 4.94. The molecule has 1 rings (SSSR count). The summed E-state index contributed by atoms with van der Waals surface area (Å²) in [5.41, 5.74) is 5.38. The number of nitrogens with one attached hydrogen (secondary N) is 1. The maximum atomic E-state index is 11.8. The first kappa shape index (κ1) is 12.5. The summed E-state index contributed by atoms with van der Waals surface area (Å²) in [6, 6.07) is 0.240. The van der Waals surface area contributed by atoms with Crippen molar-refractivity contribution in [2.75, 3.05) is 27.2 Å². The summed E-state index contributed by atoms with van der Waals surface area (Å²) in [5.74, 6) is 0.149. The molecule has 1 unspecified atom stereocenters. The third kappa shape index (κ3) is 3.47. The number of amides is 1. The van der Waals surface area contributed by atoms with Gasteiger partial charge in [-0.15, -0.1) is 0 Å². The first-order valence-electron chi connectivity index (χ1n) is 5.66. The summed E-state index contributed by atoms with van der Waals surface area (Å²) in [6.45, 7) is 3.53. The Balaban J connectivity index is 2.26. The summed E-state index contributed by atoms with van der Waals surface area (Å²) in [4.78, 5) is 13.9. The van der Waals surface area contributed by atoms with Crippen molar-refractivity contribution in [3.05, 3.63) is 0 Å². The van der Waals surface area contributed by atoms with Gasteiger partial charge in [-0.2, -0.15) is 0 Å². The maximum Gasteiger partial charge on any atom is 0.227 e. The van der Waals surface area contributed by atoms with E-state index in [1.807, 2.05) is 21.0 Å². The van der Waals surface area contributed by atoms with Crippen LogP contribution in [0.2, 0.25) is 0 Å². The zero-order valence-electron chi connectivity index (χ0n) is 10.0. The number of carbonyl (C=O) groups is 1. The number of hydrogen-bond acceptors (Lipinski definition) is 3. The van der Waals surface area contributed by atoms with Crippen LogP contribution in [-0.2, 0) is 4.79 Å². The molecule has 0 aromatic rings. The van der Waals surface area contributed by atoms with Crippen molar-refractivity contribution in [1.29, 1.82) is 0 Å². The minimum Gasteiger partial charge on any atom is -0.353 e. The van der Waals surface area contributed by atoms with E-state index in [0.717, 1.165) is 25.8 Å². The zero-order valence-corrected chi connectivity index (χ0v) is 10.0. The zero-order chi connectivity index (χ0) is 11.5. The third-order valence-corrected chi connectivity index (χ3v) is 3.11. The molecule has 0 bridgehead atoms. The molecule has 0 spiro atoms. The Bertz CT molecular complexity index is 224. The van der Waals surface area contributed by atoms with Gasteiger partial charge in [0.1, 0.15) is 0 Å². The van der Waals surface area contributed by atoms with E-state index in [1.54, 1.807) is 0 Å². The van der Waals surface area contributed by atoms with Crippen LogP contribution in [-0.4, -0.2) is 44.0 Å². The summed E-state index contributed by atoms with van der Waals surface area (Å²) in [7, 11) is 4.08. The van der Waals surface area contributed by atoms with Crippen molar-refractivity contribution in [2.45, 2.75) is 32.2 Å². The molecule has 0 radical (unpaired) electrons. The van der Waals surface area contributed by atoms with Crippen LogP contribution in [0.3, 0.4) is 0 Å². The molecule has 0 saturated heterocycles. The van der Waals surface area contributed by atoms with Gasteiger partial charge in [0.2, 0.25) is 5.91 Å². The molecule has 4 heteroatoms. The van der Waals surface area contributed by atoms with E-state index >= 15 is 0 Å². The molecule has 15 heavy (non-hydrogen) atoms. The van der Waals surface area contributed by atoms with Crippen molar-refractivity contribution >= 4 is 5.91 Å². The van der Waals surface area contributed by atoms with Crippen LogP contribution < -0.4 is 11.1 Å². The Morgan fingerprint density at radius 1 is 1.53 bits per heavy atom. The first-order valence-corrected chi connectivity index (χ1v) is 5.66. The molecule has 4 nitrogen and oxygen atoms in total. The smallest absolute Gasteiger partial charge is 0.227 e. The van der Waals surface area contributed by atoms with Crippen LogP contribution >= 0.6 is 0 Å². The van der Waals surface area contributed by atoms with E-state index in [9.17, 15) is 4.79 Å². The minimum atomic E-state index is -0.216. The molecule has 3 N–H and O–H groups in total. The fraction of sp³-hybridized carbons (Fsp3) is 0.909. The summed E-state index contributed by atoms with van der Waals surface area (Å²) in [5, 5.41) is 3.04. The largest absolute Gasteiger partial charge is 0.353 e. The second-order valence-electron chi connectivity index (χ2n) is 4.95. The van der Waals surface area contributed by atoms with Crippen LogP contribution in [0, 0.1) is 5.41 Å². The number of nitrogens with zero attached hydrogens (tertiary/aromatic N) is 1. The van der Waals surface area contributed by atoms with Gasteiger partial charge in [-0.3, -0.25) is 4.79 Å². The molecule has 1 aliphatic rings. The number of carbonyl (C=O) groups excluding carboxylic acids is 1. The molecule has 0 heterocycles. The van der Waals surface area contributed by atoms with Gasteiger partial charge in [0.25, 0.3) is 0 Å². The molecule has 1 saturated carbocycles.